The molecule has 1 atom stereocenters. The van der Waals surface area contributed by atoms with Gasteiger partial charge < -0.3 is 4.90 Å². The van der Waals surface area contributed by atoms with Crippen LogP contribution in [0.3, 0.4) is 0 Å². The minimum absolute atomic E-state index is 0.177. The van der Waals surface area contributed by atoms with Gasteiger partial charge in [0.1, 0.15) is 0 Å². The number of hydrogen-bond acceptors (Lipinski definition) is 5. The zero-order chi connectivity index (χ0) is 19.1. The lowest BCUT2D eigenvalue weighted by atomic mass is 9.93. The van der Waals surface area contributed by atoms with Crippen LogP contribution in [0.25, 0.3) is 10.9 Å². The van der Waals surface area contributed by atoms with Crippen molar-refractivity contribution < 1.29 is 0 Å². The van der Waals surface area contributed by atoms with Crippen molar-refractivity contribution in [1.82, 2.24) is 15.3 Å². The standard InChI is InChI=1S/C23H21N5/c1-15-12-20-22(13-16(15)2)28-11-5-8-21(28)23(26-20)27-25-14-17-9-10-24-19-7-4-3-6-18(17)19/h3-7,9-14,22,27H,8H2,1-2H3/b25-14+. The van der Waals surface area contributed by atoms with Crippen LogP contribution in [0.2, 0.25) is 0 Å². The number of benzene rings is 1. The van der Waals surface area contributed by atoms with E-state index in [0.717, 1.165) is 40.1 Å². The SMILES string of the molecule is CC1=CC2=NC(N/N=C/c3ccnc4ccccc34)=C3CC=CN3C2C=C1C. The maximum atomic E-state index is 4.88. The molecular weight excluding hydrogens is 346 g/mol. The number of rotatable bonds is 3. The second-order valence-corrected chi connectivity index (χ2v) is 7.24. The molecule has 0 spiro atoms. The van der Waals surface area contributed by atoms with Crippen molar-refractivity contribution in [2.24, 2.45) is 10.1 Å². The minimum Gasteiger partial charge on any atom is -0.336 e. The van der Waals surface area contributed by atoms with Crippen LogP contribution in [0.5, 0.6) is 0 Å². The van der Waals surface area contributed by atoms with Gasteiger partial charge in [0.15, 0.2) is 5.82 Å². The Bertz CT molecular complexity index is 1140. The van der Waals surface area contributed by atoms with E-state index in [4.69, 9.17) is 4.99 Å². The monoisotopic (exact) mass is 367 g/mol. The van der Waals surface area contributed by atoms with E-state index in [1.165, 1.54) is 11.1 Å². The summed E-state index contributed by atoms with van der Waals surface area (Å²) < 4.78 is 0. The topological polar surface area (TPSA) is 52.9 Å². The van der Waals surface area contributed by atoms with Gasteiger partial charge in [0.2, 0.25) is 0 Å². The molecule has 5 heteroatoms. The van der Waals surface area contributed by atoms with Crippen LogP contribution in [0.4, 0.5) is 0 Å². The number of nitrogens with zero attached hydrogens (tertiary/aromatic N) is 4. The Morgan fingerprint density at radius 3 is 3.00 bits per heavy atom. The Morgan fingerprint density at radius 1 is 1.18 bits per heavy atom. The van der Waals surface area contributed by atoms with E-state index in [1.54, 1.807) is 0 Å². The highest BCUT2D eigenvalue weighted by molar-refractivity contribution is 6.04. The van der Waals surface area contributed by atoms with Crippen molar-refractivity contribution in [3.63, 3.8) is 0 Å². The molecule has 0 fully saturated rings. The van der Waals surface area contributed by atoms with E-state index < -0.39 is 0 Å². The molecule has 2 aliphatic heterocycles. The quantitative estimate of drug-likeness (QED) is 0.651. The van der Waals surface area contributed by atoms with Gasteiger partial charge in [-0.15, -0.1) is 0 Å². The third-order valence-electron chi connectivity index (χ3n) is 5.46. The molecule has 2 aromatic rings. The number of fused-ring (bicyclic) bond motifs is 4. The average Bonchev–Trinajstić information content (AvgIpc) is 3.20. The molecule has 1 unspecified atom stereocenters. The first kappa shape index (κ1) is 16.7. The Morgan fingerprint density at radius 2 is 2.07 bits per heavy atom. The van der Waals surface area contributed by atoms with Gasteiger partial charge in [-0.1, -0.05) is 30.4 Å². The maximum Gasteiger partial charge on any atom is 0.166 e. The van der Waals surface area contributed by atoms with Crippen LogP contribution in [0.15, 0.2) is 93.7 Å². The predicted molar refractivity (Wildman–Crippen MR) is 114 cm³/mol. The Hall–Kier alpha value is -3.47. The average molecular weight is 367 g/mol. The highest BCUT2D eigenvalue weighted by Crippen LogP contribution is 2.33. The van der Waals surface area contributed by atoms with Gasteiger partial charge in [0.25, 0.3) is 0 Å². The summed E-state index contributed by atoms with van der Waals surface area (Å²) in [6.45, 7) is 4.28. The number of nitrogens with one attached hydrogen (secondary N) is 1. The lowest BCUT2D eigenvalue weighted by molar-refractivity contribution is 0.452. The van der Waals surface area contributed by atoms with E-state index in [0.29, 0.717) is 0 Å². The summed E-state index contributed by atoms with van der Waals surface area (Å²) in [5.74, 6) is 0.808. The van der Waals surface area contributed by atoms with Gasteiger partial charge in [-0.25, -0.2) is 4.99 Å². The highest BCUT2D eigenvalue weighted by atomic mass is 15.4. The molecule has 1 aromatic carbocycles. The van der Waals surface area contributed by atoms with Gasteiger partial charge in [-0.05, 0) is 43.2 Å². The van der Waals surface area contributed by atoms with Gasteiger partial charge in [-0.3, -0.25) is 10.4 Å². The largest absolute Gasteiger partial charge is 0.336 e. The number of hydrazone groups is 1. The zero-order valence-corrected chi connectivity index (χ0v) is 15.9. The van der Waals surface area contributed by atoms with E-state index >= 15 is 0 Å². The van der Waals surface area contributed by atoms with Crippen LogP contribution < -0.4 is 5.43 Å². The number of hydrogen-bond donors (Lipinski definition) is 1. The first-order valence-electron chi connectivity index (χ1n) is 9.47. The number of pyridine rings is 1. The van der Waals surface area contributed by atoms with Crippen molar-refractivity contribution in [1.29, 1.82) is 0 Å². The molecule has 1 aliphatic carbocycles. The third kappa shape index (κ3) is 2.76. The van der Waals surface area contributed by atoms with Crippen LogP contribution in [-0.2, 0) is 0 Å². The summed E-state index contributed by atoms with van der Waals surface area (Å²) in [5.41, 5.74) is 9.93. The molecular formula is C23H21N5. The zero-order valence-electron chi connectivity index (χ0n) is 15.9. The number of allylic oxidation sites excluding steroid dienone is 3. The minimum atomic E-state index is 0.177. The fraction of sp³-hybridized carbons (Fsp3) is 0.174. The van der Waals surface area contributed by atoms with Crippen LogP contribution in [0, 0.1) is 0 Å². The fourth-order valence-corrected chi connectivity index (χ4v) is 3.83. The molecule has 0 bridgehead atoms. The summed E-state index contributed by atoms with van der Waals surface area (Å²) in [5, 5.41) is 5.57. The van der Waals surface area contributed by atoms with Gasteiger partial charge in [0.05, 0.1) is 29.2 Å². The van der Waals surface area contributed by atoms with Gasteiger partial charge >= 0.3 is 0 Å². The number of para-hydroxylation sites is 1. The molecule has 138 valence electrons. The van der Waals surface area contributed by atoms with Crippen molar-refractivity contribution in [2.45, 2.75) is 26.3 Å². The second kappa shape index (κ2) is 6.60. The Labute approximate surface area is 164 Å². The summed E-state index contributed by atoms with van der Waals surface area (Å²) in [6.07, 6.45) is 13.3. The molecule has 1 aromatic heterocycles. The summed E-state index contributed by atoms with van der Waals surface area (Å²) in [4.78, 5) is 11.6. The van der Waals surface area contributed by atoms with Gasteiger partial charge in [0, 0.05) is 29.8 Å². The molecule has 3 aliphatic rings. The molecule has 0 amide bonds. The molecule has 3 heterocycles. The van der Waals surface area contributed by atoms with E-state index in [2.05, 4.69) is 64.8 Å². The van der Waals surface area contributed by atoms with Gasteiger partial charge in [-0.2, -0.15) is 5.10 Å². The summed E-state index contributed by atoms with van der Waals surface area (Å²) in [7, 11) is 0. The third-order valence-corrected chi connectivity index (χ3v) is 5.46. The molecule has 5 rings (SSSR count). The van der Waals surface area contributed by atoms with Crippen molar-refractivity contribution in [3.05, 3.63) is 89.2 Å². The Balaban J connectivity index is 1.45. The summed E-state index contributed by atoms with van der Waals surface area (Å²) in [6, 6.07) is 10.2. The molecule has 0 saturated heterocycles. The highest BCUT2D eigenvalue weighted by Gasteiger charge is 2.32. The first-order valence-corrected chi connectivity index (χ1v) is 9.47. The lowest BCUT2D eigenvalue weighted by Crippen LogP contribution is -2.39. The van der Waals surface area contributed by atoms with Crippen LogP contribution in [0.1, 0.15) is 25.8 Å². The molecule has 1 N–H and O–H groups in total. The van der Waals surface area contributed by atoms with Crippen LogP contribution in [-0.4, -0.2) is 27.9 Å². The van der Waals surface area contributed by atoms with E-state index in [1.807, 2.05) is 36.7 Å². The fourth-order valence-electron chi connectivity index (χ4n) is 3.83. The maximum absolute atomic E-state index is 4.88. The van der Waals surface area contributed by atoms with Crippen LogP contribution >= 0.6 is 0 Å². The van der Waals surface area contributed by atoms with Crippen molar-refractivity contribution >= 4 is 22.8 Å². The molecule has 0 saturated carbocycles. The number of aromatic nitrogens is 1. The lowest BCUT2D eigenvalue weighted by Gasteiger charge is -2.34. The smallest absolute Gasteiger partial charge is 0.166 e. The number of aliphatic imine (C=N–C) groups is 1. The van der Waals surface area contributed by atoms with Crippen molar-refractivity contribution in [3.8, 4) is 0 Å². The van der Waals surface area contributed by atoms with E-state index in [-0.39, 0.29) is 6.04 Å². The predicted octanol–water partition coefficient (Wildman–Crippen LogP) is 4.28. The summed E-state index contributed by atoms with van der Waals surface area (Å²) >= 11 is 0. The first-order chi connectivity index (χ1) is 13.7. The molecule has 5 nitrogen and oxygen atoms in total. The normalized spacial score (nSPS) is 20.9. The second-order valence-electron chi connectivity index (χ2n) is 7.24. The van der Waals surface area contributed by atoms with E-state index in [9.17, 15) is 0 Å². The van der Waals surface area contributed by atoms with Crippen molar-refractivity contribution in [2.75, 3.05) is 0 Å². The Kier molecular flexibility index (Phi) is 3.93. The molecule has 0 radical (unpaired) electrons. The molecule has 28 heavy (non-hydrogen) atoms.